The van der Waals surface area contributed by atoms with E-state index in [9.17, 15) is 9.90 Å². The van der Waals surface area contributed by atoms with E-state index < -0.39 is 0 Å². The van der Waals surface area contributed by atoms with Gasteiger partial charge in [-0.25, -0.2) is 0 Å². The van der Waals surface area contributed by atoms with E-state index in [4.69, 9.17) is 4.74 Å². The van der Waals surface area contributed by atoms with Crippen molar-refractivity contribution in [2.75, 3.05) is 14.2 Å². The molecule has 0 radical (unpaired) electrons. The van der Waals surface area contributed by atoms with Crippen LogP contribution in [-0.4, -0.2) is 25.3 Å². The lowest BCUT2D eigenvalue weighted by atomic mass is 9.79. The first-order valence-corrected chi connectivity index (χ1v) is 6.76. The Morgan fingerprint density at radius 2 is 1.95 bits per heavy atom. The summed E-state index contributed by atoms with van der Waals surface area (Å²) in [6, 6.07) is 3.60. The van der Waals surface area contributed by atoms with Crippen LogP contribution in [0.3, 0.4) is 0 Å². The topological polar surface area (TPSA) is 55.8 Å². The minimum atomic E-state index is -0.195. The van der Waals surface area contributed by atoms with Gasteiger partial charge in [0.15, 0.2) is 0 Å². The van der Waals surface area contributed by atoms with Crippen molar-refractivity contribution >= 4 is 5.97 Å². The van der Waals surface area contributed by atoms with Crippen molar-refractivity contribution in [3.05, 3.63) is 23.3 Å². The van der Waals surface area contributed by atoms with Crippen molar-refractivity contribution in [2.24, 2.45) is 0 Å². The molecule has 0 spiro atoms. The zero-order chi connectivity index (χ0) is 15.3. The number of aromatic hydroxyl groups is 1. The van der Waals surface area contributed by atoms with Crippen molar-refractivity contribution in [3.8, 4) is 11.5 Å². The van der Waals surface area contributed by atoms with E-state index in [0.717, 1.165) is 29.7 Å². The molecule has 4 nitrogen and oxygen atoms in total. The smallest absolute Gasteiger partial charge is 0.305 e. The number of hydrogen-bond donors (Lipinski definition) is 1. The fraction of sp³-hybridized carbons (Fsp3) is 0.562. The van der Waals surface area contributed by atoms with Gasteiger partial charge in [0.2, 0.25) is 0 Å². The third kappa shape index (κ3) is 3.89. The Bertz CT molecular complexity index is 478. The average Bonchev–Trinajstić information content (AvgIpc) is 2.40. The average molecular weight is 280 g/mol. The summed E-state index contributed by atoms with van der Waals surface area (Å²) < 4.78 is 10.1. The fourth-order valence-electron chi connectivity index (χ4n) is 2.28. The summed E-state index contributed by atoms with van der Waals surface area (Å²) in [5.74, 6) is 0.838. The first kappa shape index (κ1) is 16.3. The Morgan fingerprint density at radius 1 is 1.30 bits per heavy atom. The quantitative estimate of drug-likeness (QED) is 0.812. The van der Waals surface area contributed by atoms with Crippen LogP contribution in [0.15, 0.2) is 12.1 Å². The maximum absolute atomic E-state index is 11.2. The maximum atomic E-state index is 11.2. The van der Waals surface area contributed by atoms with Crippen molar-refractivity contribution < 1.29 is 19.4 Å². The molecule has 1 aromatic rings. The van der Waals surface area contributed by atoms with E-state index in [1.165, 1.54) is 7.11 Å². The van der Waals surface area contributed by atoms with Crippen molar-refractivity contribution in [2.45, 2.75) is 45.4 Å². The zero-order valence-electron chi connectivity index (χ0n) is 12.9. The van der Waals surface area contributed by atoms with Gasteiger partial charge in [-0.15, -0.1) is 0 Å². The number of phenolic OH excluding ortho intramolecular Hbond substituents is 1. The summed E-state index contributed by atoms with van der Waals surface area (Å²) in [6.45, 7) is 6.00. The summed E-state index contributed by atoms with van der Waals surface area (Å²) in [5, 5.41) is 9.91. The van der Waals surface area contributed by atoms with Crippen LogP contribution in [0.2, 0.25) is 0 Å². The lowest BCUT2D eigenvalue weighted by Crippen LogP contribution is -2.19. The Labute approximate surface area is 120 Å². The van der Waals surface area contributed by atoms with Gasteiger partial charge in [-0.2, -0.15) is 0 Å². The Kier molecular flexibility index (Phi) is 5.43. The third-order valence-corrected chi connectivity index (χ3v) is 3.66. The fourth-order valence-corrected chi connectivity index (χ4v) is 2.28. The van der Waals surface area contributed by atoms with E-state index in [0.29, 0.717) is 6.42 Å². The molecule has 0 aliphatic carbocycles. The number of aryl methyl sites for hydroxylation is 1. The van der Waals surface area contributed by atoms with Crippen LogP contribution in [0, 0.1) is 6.92 Å². The highest BCUT2D eigenvalue weighted by molar-refractivity contribution is 5.69. The minimum absolute atomic E-state index is 0.190. The molecule has 0 saturated heterocycles. The molecule has 0 fully saturated rings. The van der Waals surface area contributed by atoms with E-state index in [1.807, 2.05) is 13.0 Å². The second-order valence-electron chi connectivity index (χ2n) is 5.65. The second-order valence-corrected chi connectivity index (χ2v) is 5.65. The molecule has 1 rings (SSSR count). The number of ether oxygens (including phenoxy) is 2. The summed E-state index contributed by atoms with van der Waals surface area (Å²) in [7, 11) is 3.02. The molecule has 0 bridgehead atoms. The molecule has 0 unspecified atom stereocenters. The maximum Gasteiger partial charge on any atom is 0.305 e. The number of carbonyl (C=O) groups is 1. The molecule has 0 aliphatic rings. The minimum Gasteiger partial charge on any atom is -0.508 e. The lowest BCUT2D eigenvalue weighted by Gasteiger charge is -2.27. The molecule has 0 aromatic heterocycles. The number of esters is 1. The standard InChI is InChI=1S/C16H24O4/c1-11-9-14(19-4)12(10-13(11)17)16(2,3)8-6-7-15(18)20-5/h9-10,17H,6-8H2,1-5H3. The summed E-state index contributed by atoms with van der Waals surface area (Å²) >= 11 is 0. The van der Waals surface area contributed by atoms with Crippen LogP contribution in [0.25, 0.3) is 0 Å². The van der Waals surface area contributed by atoms with Gasteiger partial charge in [-0.3, -0.25) is 4.79 Å². The van der Waals surface area contributed by atoms with E-state index in [-0.39, 0.29) is 17.1 Å². The van der Waals surface area contributed by atoms with Gasteiger partial charge in [-0.1, -0.05) is 13.8 Å². The number of methoxy groups -OCH3 is 2. The Balaban J connectivity index is 2.91. The Hall–Kier alpha value is -1.71. The number of carbonyl (C=O) groups excluding carboxylic acids is 1. The van der Waals surface area contributed by atoms with Crippen LogP contribution in [-0.2, 0) is 14.9 Å². The largest absolute Gasteiger partial charge is 0.508 e. The van der Waals surface area contributed by atoms with E-state index in [2.05, 4.69) is 18.6 Å². The van der Waals surface area contributed by atoms with Gasteiger partial charge in [0.25, 0.3) is 0 Å². The Morgan fingerprint density at radius 3 is 2.50 bits per heavy atom. The number of hydrogen-bond acceptors (Lipinski definition) is 4. The molecule has 0 atom stereocenters. The highest BCUT2D eigenvalue weighted by Crippen LogP contribution is 2.39. The molecular formula is C16H24O4. The third-order valence-electron chi connectivity index (χ3n) is 3.66. The molecule has 112 valence electrons. The lowest BCUT2D eigenvalue weighted by molar-refractivity contribution is -0.140. The first-order valence-electron chi connectivity index (χ1n) is 6.76. The molecule has 0 amide bonds. The van der Waals surface area contributed by atoms with Crippen molar-refractivity contribution in [1.29, 1.82) is 0 Å². The highest BCUT2D eigenvalue weighted by atomic mass is 16.5. The number of rotatable bonds is 6. The normalized spacial score (nSPS) is 11.2. The second kappa shape index (κ2) is 6.64. The van der Waals surface area contributed by atoms with Crippen LogP contribution in [0.1, 0.15) is 44.2 Å². The molecule has 4 heteroatoms. The predicted octanol–water partition coefficient (Wildman–Crippen LogP) is 3.33. The van der Waals surface area contributed by atoms with Gasteiger partial charge in [0.05, 0.1) is 14.2 Å². The van der Waals surface area contributed by atoms with Crippen molar-refractivity contribution in [1.82, 2.24) is 0 Å². The number of benzene rings is 1. The summed E-state index contributed by atoms with van der Waals surface area (Å²) in [6.07, 6.45) is 1.94. The number of phenols is 1. The van der Waals surface area contributed by atoms with Gasteiger partial charge in [0, 0.05) is 12.0 Å². The molecule has 1 N–H and O–H groups in total. The van der Waals surface area contributed by atoms with Crippen LogP contribution < -0.4 is 4.74 Å². The highest BCUT2D eigenvalue weighted by Gasteiger charge is 2.25. The van der Waals surface area contributed by atoms with Gasteiger partial charge in [0.1, 0.15) is 11.5 Å². The van der Waals surface area contributed by atoms with E-state index in [1.54, 1.807) is 13.2 Å². The predicted molar refractivity (Wildman–Crippen MR) is 78.3 cm³/mol. The van der Waals surface area contributed by atoms with Crippen LogP contribution in [0.5, 0.6) is 11.5 Å². The van der Waals surface area contributed by atoms with E-state index >= 15 is 0 Å². The molecule has 0 heterocycles. The van der Waals surface area contributed by atoms with Gasteiger partial charge in [-0.05, 0) is 42.9 Å². The summed E-state index contributed by atoms with van der Waals surface area (Å²) in [4.78, 5) is 11.2. The first-order chi connectivity index (χ1) is 9.31. The molecular weight excluding hydrogens is 256 g/mol. The van der Waals surface area contributed by atoms with Crippen LogP contribution in [0.4, 0.5) is 0 Å². The molecule has 0 aliphatic heterocycles. The molecule has 0 saturated carbocycles. The summed E-state index contributed by atoms with van der Waals surface area (Å²) in [5.41, 5.74) is 1.55. The van der Waals surface area contributed by atoms with Gasteiger partial charge < -0.3 is 14.6 Å². The molecule has 1 aromatic carbocycles. The molecule has 20 heavy (non-hydrogen) atoms. The SMILES string of the molecule is COC(=O)CCCC(C)(C)c1cc(O)c(C)cc1OC. The zero-order valence-corrected chi connectivity index (χ0v) is 12.9. The van der Waals surface area contributed by atoms with Crippen LogP contribution >= 0.6 is 0 Å². The monoisotopic (exact) mass is 280 g/mol. The van der Waals surface area contributed by atoms with Crippen molar-refractivity contribution in [3.63, 3.8) is 0 Å². The van der Waals surface area contributed by atoms with Gasteiger partial charge >= 0.3 is 5.97 Å².